The Hall–Kier alpha value is -0.900. The molecule has 0 amide bonds. The van der Waals surface area contributed by atoms with Crippen LogP contribution in [-0.4, -0.2) is 30.3 Å². The fourth-order valence-electron chi connectivity index (χ4n) is 3.03. The van der Waals surface area contributed by atoms with Crippen LogP contribution in [0.3, 0.4) is 0 Å². The van der Waals surface area contributed by atoms with Crippen LogP contribution in [0.2, 0.25) is 0 Å². The van der Waals surface area contributed by atoms with Gasteiger partial charge in [-0.05, 0) is 37.2 Å². The monoisotopic (exact) mass is 262 g/mol. The van der Waals surface area contributed by atoms with E-state index in [1.807, 2.05) is 6.07 Å². The van der Waals surface area contributed by atoms with Crippen LogP contribution in [0.25, 0.3) is 0 Å². The van der Waals surface area contributed by atoms with Crippen molar-refractivity contribution in [3.05, 3.63) is 35.9 Å². The van der Waals surface area contributed by atoms with Crippen molar-refractivity contribution >= 4 is 0 Å². The van der Waals surface area contributed by atoms with E-state index in [9.17, 15) is 5.11 Å². The maximum atomic E-state index is 9.36. The maximum absolute atomic E-state index is 9.36. The molecular formula is C16H26N2O. The summed E-state index contributed by atoms with van der Waals surface area (Å²) >= 11 is 0. The first-order valence-electron chi connectivity index (χ1n) is 7.44. The quantitative estimate of drug-likeness (QED) is 0.701. The third-order valence-corrected chi connectivity index (χ3v) is 4.25. The second-order valence-corrected chi connectivity index (χ2v) is 5.60. The maximum Gasteiger partial charge on any atom is 0.0474 e. The van der Waals surface area contributed by atoms with Gasteiger partial charge < -0.3 is 16.2 Å². The highest BCUT2D eigenvalue weighted by Crippen LogP contribution is 2.25. The highest BCUT2D eigenvalue weighted by molar-refractivity contribution is 5.14. The van der Waals surface area contributed by atoms with Gasteiger partial charge in [-0.15, -0.1) is 0 Å². The first kappa shape index (κ1) is 14.5. The zero-order valence-electron chi connectivity index (χ0n) is 11.6. The Morgan fingerprint density at radius 1 is 1.26 bits per heavy atom. The van der Waals surface area contributed by atoms with Gasteiger partial charge in [0, 0.05) is 25.2 Å². The Morgan fingerprint density at radius 2 is 2.05 bits per heavy atom. The lowest BCUT2D eigenvalue weighted by atomic mass is 10.0. The molecule has 2 rings (SSSR count). The number of benzene rings is 1. The topological polar surface area (TPSA) is 58.3 Å². The molecule has 3 heteroatoms. The van der Waals surface area contributed by atoms with Crippen LogP contribution in [0.5, 0.6) is 0 Å². The smallest absolute Gasteiger partial charge is 0.0474 e. The minimum Gasteiger partial charge on any atom is -0.396 e. The third kappa shape index (κ3) is 4.30. The van der Waals surface area contributed by atoms with Crippen LogP contribution in [0.1, 0.15) is 31.2 Å². The first-order chi connectivity index (χ1) is 9.33. The van der Waals surface area contributed by atoms with Crippen molar-refractivity contribution in [3.8, 4) is 0 Å². The molecule has 0 heterocycles. The number of aliphatic hydroxyl groups is 1. The summed E-state index contributed by atoms with van der Waals surface area (Å²) in [7, 11) is 0. The van der Waals surface area contributed by atoms with Gasteiger partial charge in [0.1, 0.15) is 0 Å². The molecule has 1 saturated carbocycles. The van der Waals surface area contributed by atoms with Gasteiger partial charge in [0.2, 0.25) is 0 Å². The zero-order valence-corrected chi connectivity index (χ0v) is 11.6. The lowest BCUT2D eigenvalue weighted by molar-refractivity contribution is 0.198. The van der Waals surface area contributed by atoms with Gasteiger partial charge in [-0.1, -0.05) is 36.8 Å². The van der Waals surface area contributed by atoms with Crippen LogP contribution < -0.4 is 11.1 Å². The Morgan fingerprint density at radius 3 is 2.74 bits per heavy atom. The fourth-order valence-corrected chi connectivity index (χ4v) is 3.03. The molecule has 0 saturated heterocycles. The molecule has 1 aromatic rings. The van der Waals surface area contributed by atoms with Crippen molar-refractivity contribution in [2.24, 2.45) is 11.7 Å². The van der Waals surface area contributed by atoms with Crippen molar-refractivity contribution in [3.63, 3.8) is 0 Å². The second-order valence-electron chi connectivity index (χ2n) is 5.60. The zero-order chi connectivity index (χ0) is 13.5. The predicted octanol–water partition coefficient (Wildman–Crippen LogP) is 1.70. The van der Waals surface area contributed by atoms with Crippen LogP contribution >= 0.6 is 0 Å². The van der Waals surface area contributed by atoms with E-state index in [2.05, 4.69) is 29.6 Å². The van der Waals surface area contributed by atoms with Gasteiger partial charge in [0.05, 0.1) is 0 Å². The third-order valence-electron chi connectivity index (χ3n) is 4.25. The normalized spacial score (nSPS) is 24.5. The van der Waals surface area contributed by atoms with E-state index < -0.39 is 0 Å². The summed E-state index contributed by atoms with van der Waals surface area (Å²) in [6.45, 7) is 0.967. The van der Waals surface area contributed by atoms with E-state index in [1.54, 1.807) is 0 Å². The molecule has 1 fully saturated rings. The minimum atomic E-state index is 0.299. The molecule has 19 heavy (non-hydrogen) atoms. The van der Waals surface area contributed by atoms with Crippen molar-refractivity contribution in [1.82, 2.24) is 5.32 Å². The van der Waals surface area contributed by atoms with Gasteiger partial charge >= 0.3 is 0 Å². The molecule has 106 valence electrons. The molecule has 3 unspecified atom stereocenters. The summed E-state index contributed by atoms with van der Waals surface area (Å²) in [5.74, 6) is 0.422. The van der Waals surface area contributed by atoms with Crippen LogP contribution in [0.15, 0.2) is 30.3 Å². The summed E-state index contributed by atoms with van der Waals surface area (Å²) in [6.07, 6.45) is 5.66. The molecule has 4 N–H and O–H groups in total. The average Bonchev–Trinajstić information content (AvgIpc) is 2.91. The molecule has 0 spiro atoms. The van der Waals surface area contributed by atoms with E-state index in [0.29, 0.717) is 31.2 Å². The molecule has 0 aromatic heterocycles. The van der Waals surface area contributed by atoms with Crippen molar-refractivity contribution in [1.29, 1.82) is 0 Å². The van der Waals surface area contributed by atoms with Crippen LogP contribution in [0, 0.1) is 5.92 Å². The van der Waals surface area contributed by atoms with Gasteiger partial charge in [0.15, 0.2) is 0 Å². The predicted molar refractivity (Wildman–Crippen MR) is 79.0 cm³/mol. The molecule has 0 bridgehead atoms. The molecule has 1 aliphatic rings. The number of aryl methyl sites for hydroxylation is 1. The summed E-state index contributed by atoms with van der Waals surface area (Å²) in [5.41, 5.74) is 7.25. The van der Waals surface area contributed by atoms with Gasteiger partial charge in [-0.25, -0.2) is 0 Å². The van der Waals surface area contributed by atoms with Crippen LogP contribution in [-0.2, 0) is 6.42 Å². The molecule has 3 nitrogen and oxygen atoms in total. The SMILES string of the molecule is NCC(CCc1ccccc1)NC1CCCC1CO. The number of hydrogen-bond acceptors (Lipinski definition) is 3. The second kappa shape index (κ2) is 7.63. The fraction of sp³-hybridized carbons (Fsp3) is 0.625. The van der Waals surface area contributed by atoms with Crippen molar-refractivity contribution in [2.75, 3.05) is 13.2 Å². The van der Waals surface area contributed by atoms with E-state index in [0.717, 1.165) is 19.3 Å². The largest absolute Gasteiger partial charge is 0.396 e. The first-order valence-corrected chi connectivity index (χ1v) is 7.44. The van der Waals surface area contributed by atoms with E-state index in [4.69, 9.17) is 5.73 Å². The molecule has 0 radical (unpaired) electrons. The summed E-state index contributed by atoms with van der Waals surface area (Å²) in [5, 5.41) is 13.0. The minimum absolute atomic E-state index is 0.299. The Kier molecular flexibility index (Phi) is 5.83. The number of nitrogens with two attached hydrogens (primary N) is 1. The van der Waals surface area contributed by atoms with E-state index in [-0.39, 0.29) is 0 Å². The highest BCUT2D eigenvalue weighted by Gasteiger charge is 2.27. The lowest BCUT2D eigenvalue weighted by Gasteiger charge is -2.25. The van der Waals surface area contributed by atoms with Gasteiger partial charge in [0.25, 0.3) is 0 Å². The molecule has 1 aromatic carbocycles. The summed E-state index contributed by atoms with van der Waals surface area (Å²) in [6, 6.07) is 11.4. The highest BCUT2D eigenvalue weighted by atomic mass is 16.3. The lowest BCUT2D eigenvalue weighted by Crippen LogP contribution is -2.45. The number of nitrogens with one attached hydrogen (secondary N) is 1. The summed E-state index contributed by atoms with van der Waals surface area (Å²) in [4.78, 5) is 0. The molecular weight excluding hydrogens is 236 g/mol. The van der Waals surface area contributed by atoms with E-state index >= 15 is 0 Å². The Labute approximate surface area is 116 Å². The van der Waals surface area contributed by atoms with Gasteiger partial charge in [-0.3, -0.25) is 0 Å². The van der Waals surface area contributed by atoms with Crippen LogP contribution in [0.4, 0.5) is 0 Å². The molecule has 3 atom stereocenters. The molecule has 1 aliphatic carbocycles. The Bertz CT molecular complexity index is 355. The number of aliphatic hydroxyl groups excluding tert-OH is 1. The number of hydrogen-bond donors (Lipinski definition) is 3. The average molecular weight is 262 g/mol. The van der Waals surface area contributed by atoms with Crippen molar-refractivity contribution in [2.45, 2.75) is 44.2 Å². The molecule has 0 aliphatic heterocycles. The van der Waals surface area contributed by atoms with E-state index in [1.165, 1.54) is 18.4 Å². The Balaban J connectivity index is 1.80. The summed E-state index contributed by atoms with van der Waals surface area (Å²) < 4.78 is 0. The standard InChI is InChI=1S/C16H26N2O/c17-11-15(10-9-13-5-2-1-3-6-13)18-16-8-4-7-14(16)12-19/h1-3,5-6,14-16,18-19H,4,7-12,17H2. The number of rotatable bonds is 7. The van der Waals surface area contributed by atoms with Crippen molar-refractivity contribution < 1.29 is 5.11 Å². The van der Waals surface area contributed by atoms with Gasteiger partial charge in [-0.2, -0.15) is 0 Å².